The molecule has 1 aliphatic carbocycles. The third-order valence-corrected chi connectivity index (χ3v) is 3.78. The zero-order valence-electron chi connectivity index (χ0n) is 13.5. The highest BCUT2D eigenvalue weighted by molar-refractivity contribution is 5.93. The van der Waals surface area contributed by atoms with Crippen LogP contribution in [-0.4, -0.2) is 25.0 Å². The van der Waals surface area contributed by atoms with E-state index in [0.717, 1.165) is 43.1 Å². The minimum absolute atomic E-state index is 0.146. The number of rotatable bonds is 6. The number of aliphatic imine (C=N–C) groups is 1. The lowest BCUT2D eigenvalue weighted by atomic mass is 9.85. The van der Waals surface area contributed by atoms with Crippen LogP contribution in [0.2, 0.25) is 0 Å². The van der Waals surface area contributed by atoms with E-state index in [9.17, 15) is 4.79 Å². The van der Waals surface area contributed by atoms with E-state index in [4.69, 9.17) is 0 Å². The summed E-state index contributed by atoms with van der Waals surface area (Å²) in [6.45, 7) is 6.35. The average Bonchev–Trinajstić information content (AvgIpc) is 2.44. The Morgan fingerprint density at radius 1 is 1.23 bits per heavy atom. The lowest BCUT2D eigenvalue weighted by Gasteiger charge is -2.24. The summed E-state index contributed by atoms with van der Waals surface area (Å²) in [4.78, 5) is 16.5. The molecular formula is C17H26N4O. The molecule has 1 aliphatic rings. The Balaban J connectivity index is 1.95. The largest absolute Gasteiger partial charge is 0.357 e. The minimum Gasteiger partial charge on any atom is -0.357 e. The van der Waals surface area contributed by atoms with Gasteiger partial charge in [-0.2, -0.15) is 0 Å². The van der Waals surface area contributed by atoms with Crippen molar-refractivity contribution in [1.29, 1.82) is 0 Å². The topological polar surface area (TPSA) is 65.5 Å². The Morgan fingerprint density at radius 2 is 1.95 bits per heavy atom. The fraction of sp³-hybridized carbons (Fsp3) is 0.529. The molecule has 0 radical (unpaired) electrons. The van der Waals surface area contributed by atoms with Crippen molar-refractivity contribution in [2.24, 2.45) is 10.9 Å². The molecule has 120 valence electrons. The summed E-state index contributed by atoms with van der Waals surface area (Å²) in [7, 11) is 0. The molecule has 0 saturated heterocycles. The second-order valence-corrected chi connectivity index (χ2v) is 5.54. The van der Waals surface area contributed by atoms with Crippen molar-refractivity contribution in [1.82, 2.24) is 10.6 Å². The van der Waals surface area contributed by atoms with Crippen LogP contribution in [0, 0.1) is 5.92 Å². The highest BCUT2D eigenvalue weighted by Crippen LogP contribution is 2.27. The van der Waals surface area contributed by atoms with Gasteiger partial charge in [-0.1, -0.05) is 18.6 Å². The van der Waals surface area contributed by atoms with Crippen LogP contribution in [0.25, 0.3) is 0 Å². The summed E-state index contributed by atoms with van der Waals surface area (Å²) >= 11 is 0. The van der Waals surface area contributed by atoms with Crippen LogP contribution in [0.15, 0.2) is 29.3 Å². The summed E-state index contributed by atoms with van der Waals surface area (Å²) in [5, 5.41) is 9.40. The lowest BCUT2D eigenvalue weighted by Crippen LogP contribution is -2.36. The Labute approximate surface area is 132 Å². The number of nitrogens with one attached hydrogen (secondary N) is 3. The monoisotopic (exact) mass is 302 g/mol. The zero-order valence-corrected chi connectivity index (χ0v) is 13.5. The van der Waals surface area contributed by atoms with Gasteiger partial charge in [0.1, 0.15) is 0 Å². The van der Waals surface area contributed by atoms with E-state index in [2.05, 4.69) is 20.9 Å². The third-order valence-electron chi connectivity index (χ3n) is 3.78. The van der Waals surface area contributed by atoms with Gasteiger partial charge in [0.05, 0.1) is 6.54 Å². The molecule has 5 nitrogen and oxygen atoms in total. The zero-order chi connectivity index (χ0) is 15.8. The molecule has 1 saturated carbocycles. The van der Waals surface area contributed by atoms with E-state index in [1.165, 1.54) is 6.42 Å². The summed E-state index contributed by atoms with van der Waals surface area (Å²) in [6.07, 6.45) is 3.21. The van der Waals surface area contributed by atoms with Crippen LogP contribution in [0.1, 0.15) is 38.7 Å². The molecule has 0 aliphatic heterocycles. The molecule has 0 atom stereocenters. The minimum atomic E-state index is 0.146. The van der Waals surface area contributed by atoms with Crippen molar-refractivity contribution in [3.05, 3.63) is 29.8 Å². The second kappa shape index (κ2) is 8.41. The van der Waals surface area contributed by atoms with Crippen LogP contribution >= 0.6 is 0 Å². The van der Waals surface area contributed by atoms with E-state index in [1.54, 1.807) is 0 Å². The Morgan fingerprint density at radius 3 is 2.55 bits per heavy atom. The van der Waals surface area contributed by atoms with Crippen molar-refractivity contribution < 1.29 is 4.79 Å². The molecule has 1 aromatic carbocycles. The predicted octanol–water partition coefficient (Wildman–Crippen LogP) is 2.50. The molecule has 2 rings (SSSR count). The first kappa shape index (κ1) is 16.3. The predicted molar refractivity (Wildman–Crippen MR) is 90.9 cm³/mol. The van der Waals surface area contributed by atoms with Crippen molar-refractivity contribution >= 4 is 17.6 Å². The van der Waals surface area contributed by atoms with Crippen molar-refractivity contribution in [2.45, 2.75) is 39.7 Å². The normalized spacial score (nSPS) is 13.9. The molecule has 22 heavy (non-hydrogen) atoms. The van der Waals surface area contributed by atoms with E-state index in [0.29, 0.717) is 6.54 Å². The summed E-state index contributed by atoms with van der Waals surface area (Å²) < 4.78 is 0. The molecule has 3 N–H and O–H groups in total. The first-order valence-electron chi connectivity index (χ1n) is 8.15. The van der Waals surface area contributed by atoms with Crippen molar-refractivity contribution in [3.63, 3.8) is 0 Å². The third kappa shape index (κ3) is 4.76. The Bertz CT molecular complexity index is 515. The summed E-state index contributed by atoms with van der Waals surface area (Å²) in [6, 6.07) is 7.91. The van der Waals surface area contributed by atoms with Gasteiger partial charge < -0.3 is 16.0 Å². The number of carbonyl (C=O) groups excluding carboxylic acids is 1. The highest BCUT2D eigenvalue weighted by Gasteiger charge is 2.25. The number of carbonyl (C=O) groups is 1. The van der Waals surface area contributed by atoms with Crippen LogP contribution in [-0.2, 0) is 11.3 Å². The smallest absolute Gasteiger partial charge is 0.227 e. The van der Waals surface area contributed by atoms with Gasteiger partial charge in [-0.15, -0.1) is 0 Å². The number of amides is 1. The van der Waals surface area contributed by atoms with Gasteiger partial charge >= 0.3 is 0 Å². The molecule has 0 spiro atoms. The van der Waals surface area contributed by atoms with Gasteiger partial charge in [0.2, 0.25) is 5.91 Å². The fourth-order valence-corrected chi connectivity index (χ4v) is 2.34. The number of benzene rings is 1. The van der Waals surface area contributed by atoms with Gasteiger partial charge in [-0.05, 0) is 44.4 Å². The Hall–Kier alpha value is -2.04. The summed E-state index contributed by atoms with van der Waals surface area (Å²) in [5.41, 5.74) is 1.94. The molecule has 0 bridgehead atoms. The molecule has 1 aromatic rings. The van der Waals surface area contributed by atoms with E-state index in [-0.39, 0.29) is 11.8 Å². The van der Waals surface area contributed by atoms with Crippen LogP contribution in [0.3, 0.4) is 0 Å². The van der Waals surface area contributed by atoms with Crippen molar-refractivity contribution in [3.8, 4) is 0 Å². The standard InChI is InChI=1S/C17H26N4O/c1-3-18-17(19-4-2)20-12-13-7-5-10-15(11-13)21-16(22)14-8-6-9-14/h5,7,10-11,14H,3-4,6,8-9,12H2,1-2H3,(H,21,22)(H2,18,19,20). The molecule has 5 heteroatoms. The molecule has 0 heterocycles. The summed E-state index contributed by atoms with van der Waals surface area (Å²) in [5.74, 6) is 1.16. The first-order valence-corrected chi connectivity index (χ1v) is 8.15. The molecule has 1 amide bonds. The van der Waals surface area contributed by atoms with Gasteiger partial charge in [0.25, 0.3) is 0 Å². The van der Waals surface area contributed by atoms with Crippen molar-refractivity contribution in [2.75, 3.05) is 18.4 Å². The quantitative estimate of drug-likeness (QED) is 0.559. The maximum atomic E-state index is 12.0. The van der Waals surface area contributed by atoms with Crippen LogP contribution in [0.5, 0.6) is 0 Å². The molecule has 0 aromatic heterocycles. The number of hydrogen-bond acceptors (Lipinski definition) is 2. The maximum Gasteiger partial charge on any atom is 0.227 e. The van der Waals surface area contributed by atoms with Crippen LogP contribution < -0.4 is 16.0 Å². The van der Waals surface area contributed by atoms with Gasteiger partial charge in [-0.25, -0.2) is 4.99 Å². The van der Waals surface area contributed by atoms with Gasteiger partial charge in [0, 0.05) is 24.7 Å². The van der Waals surface area contributed by atoms with Crippen LogP contribution in [0.4, 0.5) is 5.69 Å². The van der Waals surface area contributed by atoms with Gasteiger partial charge in [-0.3, -0.25) is 4.79 Å². The van der Waals surface area contributed by atoms with E-state index < -0.39 is 0 Å². The fourth-order valence-electron chi connectivity index (χ4n) is 2.34. The van der Waals surface area contributed by atoms with E-state index in [1.807, 2.05) is 38.1 Å². The van der Waals surface area contributed by atoms with Gasteiger partial charge in [0.15, 0.2) is 5.96 Å². The SMILES string of the molecule is CCNC(=NCc1cccc(NC(=O)C2CCC2)c1)NCC. The molecular weight excluding hydrogens is 276 g/mol. The maximum absolute atomic E-state index is 12.0. The average molecular weight is 302 g/mol. The molecule has 1 fully saturated rings. The lowest BCUT2D eigenvalue weighted by molar-refractivity contribution is -0.122. The Kier molecular flexibility index (Phi) is 6.25. The first-order chi connectivity index (χ1) is 10.7. The number of anilines is 1. The number of hydrogen-bond donors (Lipinski definition) is 3. The highest BCUT2D eigenvalue weighted by atomic mass is 16.1. The number of nitrogens with zero attached hydrogens (tertiary/aromatic N) is 1. The van der Waals surface area contributed by atoms with E-state index >= 15 is 0 Å². The second-order valence-electron chi connectivity index (χ2n) is 5.54. The number of guanidine groups is 1. The molecule has 0 unspecified atom stereocenters.